The number of aryl methyl sites for hydroxylation is 1. The maximum atomic E-state index is 12.1. The maximum absolute atomic E-state index is 12.1. The van der Waals surface area contributed by atoms with E-state index in [1.165, 1.54) is 10.9 Å². The highest BCUT2D eigenvalue weighted by molar-refractivity contribution is 5.98. The molecule has 0 amide bonds. The Hall–Kier alpha value is -2.55. The molecule has 1 aromatic heterocycles. The van der Waals surface area contributed by atoms with Gasteiger partial charge in [0.2, 0.25) is 0 Å². The van der Waals surface area contributed by atoms with Gasteiger partial charge in [-0.2, -0.15) is 0 Å². The van der Waals surface area contributed by atoms with Crippen molar-refractivity contribution in [3.05, 3.63) is 65.9 Å². The van der Waals surface area contributed by atoms with Crippen LogP contribution in [0.1, 0.15) is 36.2 Å². The van der Waals surface area contributed by atoms with E-state index in [0.29, 0.717) is 12.0 Å². The normalized spacial score (nSPS) is 10.4. The van der Waals surface area contributed by atoms with Crippen LogP contribution in [0, 0.1) is 0 Å². The highest BCUT2D eigenvalue weighted by atomic mass is 16.3. The van der Waals surface area contributed by atoms with Crippen LogP contribution in [0.25, 0.3) is 10.9 Å². The minimum atomic E-state index is -0.00654. The van der Waals surface area contributed by atoms with Crippen molar-refractivity contribution in [2.75, 3.05) is 0 Å². The molecular formula is C19H21NO2. The number of fused-ring (bicyclic) bond motifs is 1. The third-order valence-electron chi connectivity index (χ3n) is 3.73. The van der Waals surface area contributed by atoms with Crippen molar-refractivity contribution in [3.63, 3.8) is 0 Å². The van der Waals surface area contributed by atoms with Crippen molar-refractivity contribution in [1.82, 2.24) is 4.98 Å². The number of H-pyrrole nitrogens is 1. The van der Waals surface area contributed by atoms with Crippen LogP contribution in [0.2, 0.25) is 0 Å². The van der Waals surface area contributed by atoms with Gasteiger partial charge in [0.05, 0.1) is 5.56 Å². The Kier molecular flexibility index (Phi) is 4.99. The van der Waals surface area contributed by atoms with Gasteiger partial charge in [-0.15, -0.1) is 0 Å². The molecule has 1 heterocycles. The van der Waals surface area contributed by atoms with Gasteiger partial charge in [-0.1, -0.05) is 37.8 Å². The van der Waals surface area contributed by atoms with Crippen molar-refractivity contribution >= 4 is 16.7 Å². The van der Waals surface area contributed by atoms with Crippen molar-refractivity contribution < 1.29 is 9.90 Å². The highest BCUT2D eigenvalue weighted by Gasteiger charge is 2.10. The second kappa shape index (κ2) is 6.94. The quantitative estimate of drug-likeness (QED) is 0.669. The molecule has 3 rings (SSSR count). The summed E-state index contributed by atoms with van der Waals surface area (Å²) >= 11 is 0. The van der Waals surface area contributed by atoms with Crippen LogP contribution in [0.4, 0.5) is 0 Å². The molecular weight excluding hydrogens is 274 g/mol. The van der Waals surface area contributed by atoms with Gasteiger partial charge in [0.25, 0.3) is 0 Å². The number of hydrogen-bond acceptors (Lipinski definition) is 2. The lowest BCUT2D eigenvalue weighted by molar-refractivity contribution is 0.0977. The topological polar surface area (TPSA) is 53.1 Å². The van der Waals surface area contributed by atoms with Gasteiger partial charge in [0, 0.05) is 23.5 Å². The van der Waals surface area contributed by atoms with Gasteiger partial charge in [-0.25, -0.2) is 0 Å². The first-order valence-corrected chi connectivity index (χ1v) is 7.12. The molecule has 0 unspecified atom stereocenters. The number of rotatable bonds is 5. The highest BCUT2D eigenvalue weighted by Crippen LogP contribution is 2.21. The number of phenolic OH excluding ortho intramolecular Hbond substituents is 1. The summed E-state index contributed by atoms with van der Waals surface area (Å²) in [6.45, 7) is 0. The van der Waals surface area contributed by atoms with Gasteiger partial charge in [0.15, 0.2) is 5.78 Å². The molecule has 0 atom stereocenters. The van der Waals surface area contributed by atoms with Crippen LogP contribution in [-0.4, -0.2) is 15.9 Å². The number of carbonyl (C=O) groups excluding carboxylic acids is 1. The zero-order valence-electron chi connectivity index (χ0n) is 11.7. The molecule has 0 saturated heterocycles. The third kappa shape index (κ3) is 3.19. The zero-order chi connectivity index (χ0) is 14.7. The summed E-state index contributed by atoms with van der Waals surface area (Å²) in [5, 5.41) is 10.9. The van der Waals surface area contributed by atoms with Gasteiger partial charge >= 0.3 is 0 Å². The van der Waals surface area contributed by atoms with Crippen molar-refractivity contribution in [1.29, 1.82) is 0 Å². The lowest BCUT2D eigenvalue weighted by Gasteiger charge is -2.03. The van der Waals surface area contributed by atoms with Crippen molar-refractivity contribution in [2.45, 2.75) is 26.7 Å². The van der Waals surface area contributed by atoms with Crippen molar-refractivity contribution in [2.24, 2.45) is 0 Å². The molecule has 3 heteroatoms. The van der Waals surface area contributed by atoms with E-state index < -0.39 is 0 Å². The summed E-state index contributed by atoms with van der Waals surface area (Å²) in [5.41, 5.74) is 2.77. The Morgan fingerprint density at radius 2 is 1.77 bits per heavy atom. The summed E-state index contributed by atoms with van der Waals surface area (Å²) in [5.74, 6) is 0.0579. The van der Waals surface area contributed by atoms with E-state index in [2.05, 4.69) is 11.1 Å². The summed E-state index contributed by atoms with van der Waals surface area (Å²) in [7, 11) is 0. The number of benzene rings is 2. The largest absolute Gasteiger partial charge is 0.507 e. The average molecular weight is 295 g/mol. The number of carbonyl (C=O) groups is 1. The Morgan fingerprint density at radius 3 is 2.59 bits per heavy atom. The predicted molar refractivity (Wildman–Crippen MR) is 90.4 cm³/mol. The molecule has 0 saturated carbocycles. The first-order valence-electron chi connectivity index (χ1n) is 7.12. The van der Waals surface area contributed by atoms with E-state index in [1.807, 2.05) is 24.4 Å². The number of aromatic nitrogens is 1. The van der Waals surface area contributed by atoms with Gasteiger partial charge in [-0.05, 0) is 36.6 Å². The number of nitrogens with one attached hydrogen (secondary N) is 1. The smallest absolute Gasteiger partial charge is 0.166 e. The summed E-state index contributed by atoms with van der Waals surface area (Å²) < 4.78 is 0. The Labute approximate surface area is 130 Å². The van der Waals surface area contributed by atoms with Crippen LogP contribution < -0.4 is 0 Å². The number of phenols is 1. The molecule has 2 aromatic carbocycles. The van der Waals surface area contributed by atoms with Crippen LogP contribution >= 0.6 is 0 Å². The fourth-order valence-electron chi connectivity index (χ4n) is 2.62. The second-order valence-electron chi connectivity index (χ2n) is 5.15. The molecule has 0 aliphatic rings. The lowest BCUT2D eigenvalue weighted by Crippen LogP contribution is -2.00. The fourth-order valence-corrected chi connectivity index (χ4v) is 2.62. The Balaban J connectivity index is 0.00000176. The number of ketones is 1. The van der Waals surface area contributed by atoms with Crippen molar-refractivity contribution in [3.8, 4) is 5.75 Å². The summed E-state index contributed by atoms with van der Waals surface area (Å²) in [4.78, 5) is 15.3. The fraction of sp³-hybridized carbons (Fsp3) is 0.211. The standard InChI is InChI=1S/C18H17NO2.CH4/c20-17-10-4-2-8-15(17)18(21)11-5-6-13-12-19-16-9-3-1-7-14(13)16;/h1-4,7-10,12,19-20H,5-6,11H2;1H4. The zero-order valence-corrected chi connectivity index (χ0v) is 11.7. The lowest BCUT2D eigenvalue weighted by atomic mass is 10.0. The molecule has 0 aliphatic heterocycles. The number of aromatic amines is 1. The van der Waals surface area contributed by atoms with Crippen LogP contribution in [0.5, 0.6) is 5.75 Å². The third-order valence-corrected chi connectivity index (χ3v) is 3.73. The molecule has 2 N–H and O–H groups in total. The maximum Gasteiger partial charge on any atom is 0.166 e. The van der Waals surface area contributed by atoms with E-state index in [-0.39, 0.29) is 19.0 Å². The first-order chi connectivity index (χ1) is 10.3. The Morgan fingerprint density at radius 1 is 1.05 bits per heavy atom. The number of Topliss-reactive ketones (excluding diaryl/α,β-unsaturated/α-hetero) is 1. The molecule has 0 fully saturated rings. The number of aromatic hydroxyl groups is 1. The molecule has 0 aliphatic carbocycles. The van der Waals surface area contributed by atoms with E-state index in [1.54, 1.807) is 24.3 Å². The van der Waals surface area contributed by atoms with Gasteiger partial charge < -0.3 is 10.1 Å². The molecule has 3 aromatic rings. The summed E-state index contributed by atoms with van der Waals surface area (Å²) in [6, 6.07) is 14.9. The molecule has 0 radical (unpaired) electrons. The van der Waals surface area contributed by atoms with Gasteiger partial charge in [0.1, 0.15) is 5.75 Å². The SMILES string of the molecule is C.O=C(CCCc1c[nH]c2ccccc12)c1ccccc1O. The van der Waals surface area contributed by atoms with Crippen LogP contribution in [0.3, 0.4) is 0 Å². The van der Waals surface area contributed by atoms with E-state index in [4.69, 9.17) is 0 Å². The van der Waals surface area contributed by atoms with E-state index in [9.17, 15) is 9.90 Å². The predicted octanol–water partition coefficient (Wildman–Crippen LogP) is 4.72. The van der Waals surface area contributed by atoms with Crippen LogP contribution in [-0.2, 0) is 6.42 Å². The summed E-state index contributed by atoms with van der Waals surface area (Å²) in [6.07, 6.45) is 4.07. The number of para-hydroxylation sites is 2. The Bertz CT molecular complexity index is 774. The average Bonchev–Trinajstić information content (AvgIpc) is 2.91. The monoisotopic (exact) mass is 295 g/mol. The van der Waals surface area contributed by atoms with E-state index >= 15 is 0 Å². The van der Waals surface area contributed by atoms with Crippen LogP contribution in [0.15, 0.2) is 54.7 Å². The molecule has 114 valence electrons. The molecule has 0 bridgehead atoms. The second-order valence-corrected chi connectivity index (χ2v) is 5.15. The minimum absolute atomic E-state index is 0. The van der Waals surface area contributed by atoms with Gasteiger partial charge in [-0.3, -0.25) is 4.79 Å². The molecule has 22 heavy (non-hydrogen) atoms. The first kappa shape index (κ1) is 15.8. The minimum Gasteiger partial charge on any atom is -0.507 e. The number of hydrogen-bond donors (Lipinski definition) is 2. The molecule has 3 nitrogen and oxygen atoms in total. The molecule has 0 spiro atoms. The van der Waals surface area contributed by atoms with E-state index in [0.717, 1.165) is 18.4 Å².